The molecule has 0 aliphatic rings. The number of rotatable bonds is 10. The van der Waals surface area contributed by atoms with Crippen LogP contribution in [0.4, 0.5) is 15.8 Å². The standard InChI is InChI=1S/C30H36FN3O2/c1-6-21(3)34(30(36)27(7-2)22-12-9-8-10-13-22)20-24-19-26(16-17-28(24)33(4)5)32-29(35)23-14-11-15-25(31)18-23/h8-19,21,27H,6-7,20H2,1-5H3,(H,32,35)/t21-,27-/m0/s1. The number of nitrogens with zero attached hydrogens (tertiary/aromatic N) is 2. The molecule has 0 heterocycles. The third-order valence-electron chi connectivity index (χ3n) is 6.56. The topological polar surface area (TPSA) is 52.7 Å². The van der Waals surface area contributed by atoms with Gasteiger partial charge < -0.3 is 15.1 Å². The van der Waals surface area contributed by atoms with Crippen LogP contribution in [-0.2, 0) is 11.3 Å². The highest BCUT2D eigenvalue weighted by molar-refractivity contribution is 6.04. The van der Waals surface area contributed by atoms with E-state index in [2.05, 4.69) is 19.2 Å². The molecule has 0 fully saturated rings. The van der Waals surface area contributed by atoms with Gasteiger partial charge in [-0.3, -0.25) is 9.59 Å². The molecule has 0 bridgehead atoms. The predicted molar refractivity (Wildman–Crippen MR) is 145 cm³/mol. The molecule has 0 aliphatic carbocycles. The average Bonchev–Trinajstić information content (AvgIpc) is 2.87. The fraction of sp³-hybridized carbons (Fsp3) is 0.333. The molecule has 36 heavy (non-hydrogen) atoms. The summed E-state index contributed by atoms with van der Waals surface area (Å²) in [5.74, 6) is -0.975. The molecule has 0 saturated heterocycles. The Balaban J connectivity index is 1.93. The molecule has 2 atom stereocenters. The Morgan fingerprint density at radius 2 is 1.64 bits per heavy atom. The summed E-state index contributed by atoms with van der Waals surface area (Å²) in [5.41, 5.74) is 3.75. The maximum absolute atomic E-state index is 13.8. The number of benzene rings is 3. The first-order chi connectivity index (χ1) is 17.2. The third-order valence-corrected chi connectivity index (χ3v) is 6.56. The van der Waals surface area contributed by atoms with Crippen molar-refractivity contribution in [1.29, 1.82) is 0 Å². The van der Waals surface area contributed by atoms with Crippen LogP contribution in [0.2, 0.25) is 0 Å². The monoisotopic (exact) mass is 489 g/mol. The van der Waals surface area contributed by atoms with Crippen LogP contribution in [0.5, 0.6) is 0 Å². The van der Waals surface area contributed by atoms with E-state index < -0.39 is 5.82 Å². The van der Waals surface area contributed by atoms with Crippen LogP contribution in [0.15, 0.2) is 72.8 Å². The summed E-state index contributed by atoms with van der Waals surface area (Å²) >= 11 is 0. The fourth-order valence-corrected chi connectivity index (χ4v) is 4.35. The van der Waals surface area contributed by atoms with Crippen LogP contribution in [0.25, 0.3) is 0 Å². The van der Waals surface area contributed by atoms with Crippen LogP contribution in [-0.4, -0.2) is 36.9 Å². The van der Waals surface area contributed by atoms with Crippen molar-refractivity contribution in [3.63, 3.8) is 0 Å². The zero-order chi connectivity index (χ0) is 26.2. The van der Waals surface area contributed by atoms with Crippen molar-refractivity contribution in [3.05, 3.63) is 95.3 Å². The van der Waals surface area contributed by atoms with Crippen LogP contribution in [0.3, 0.4) is 0 Å². The van der Waals surface area contributed by atoms with E-state index in [9.17, 15) is 14.0 Å². The number of anilines is 2. The molecule has 0 saturated carbocycles. The molecule has 2 amide bonds. The van der Waals surface area contributed by atoms with Crippen molar-refractivity contribution >= 4 is 23.2 Å². The zero-order valence-corrected chi connectivity index (χ0v) is 21.8. The van der Waals surface area contributed by atoms with Gasteiger partial charge in [0.1, 0.15) is 5.82 Å². The van der Waals surface area contributed by atoms with Gasteiger partial charge in [0.25, 0.3) is 5.91 Å². The number of halogens is 1. The molecular weight excluding hydrogens is 453 g/mol. The summed E-state index contributed by atoms with van der Waals surface area (Å²) in [5, 5.41) is 2.87. The van der Waals surface area contributed by atoms with Gasteiger partial charge in [-0.2, -0.15) is 0 Å². The second-order valence-corrected chi connectivity index (χ2v) is 9.30. The number of amides is 2. The second kappa shape index (κ2) is 12.3. The molecule has 3 aromatic rings. The lowest BCUT2D eigenvalue weighted by molar-refractivity contribution is -0.135. The van der Waals surface area contributed by atoms with Gasteiger partial charge in [-0.1, -0.05) is 50.2 Å². The Labute approximate surface area is 213 Å². The van der Waals surface area contributed by atoms with E-state index in [0.717, 1.165) is 23.2 Å². The first-order valence-corrected chi connectivity index (χ1v) is 12.5. The van der Waals surface area contributed by atoms with E-state index in [1.54, 1.807) is 6.07 Å². The molecule has 5 nitrogen and oxygen atoms in total. The van der Waals surface area contributed by atoms with E-state index in [1.807, 2.05) is 79.3 Å². The summed E-state index contributed by atoms with van der Waals surface area (Å²) < 4.78 is 13.6. The molecule has 0 radical (unpaired) electrons. The largest absolute Gasteiger partial charge is 0.377 e. The van der Waals surface area contributed by atoms with Gasteiger partial charge >= 0.3 is 0 Å². The Bertz CT molecular complexity index is 1180. The number of hydrogen-bond acceptors (Lipinski definition) is 3. The van der Waals surface area contributed by atoms with Crippen LogP contribution in [0.1, 0.15) is 61.0 Å². The first kappa shape index (κ1) is 26.9. The Kier molecular flexibility index (Phi) is 9.23. The Hall–Kier alpha value is -3.67. The lowest BCUT2D eigenvalue weighted by atomic mass is 9.94. The minimum Gasteiger partial charge on any atom is -0.377 e. The quantitative estimate of drug-likeness (QED) is 0.355. The molecule has 0 unspecified atom stereocenters. The van der Waals surface area contributed by atoms with E-state index in [-0.39, 0.29) is 29.3 Å². The summed E-state index contributed by atoms with van der Waals surface area (Å²) in [7, 11) is 3.91. The van der Waals surface area contributed by atoms with E-state index in [0.29, 0.717) is 18.7 Å². The SMILES string of the molecule is CC[C@H](C(=O)N(Cc1cc(NC(=O)c2cccc(F)c2)ccc1N(C)C)[C@@H](C)CC)c1ccccc1. The lowest BCUT2D eigenvalue weighted by Crippen LogP contribution is -2.41. The van der Waals surface area contributed by atoms with Crippen molar-refractivity contribution in [2.45, 2.75) is 52.1 Å². The van der Waals surface area contributed by atoms with Gasteiger partial charge in [-0.25, -0.2) is 4.39 Å². The third kappa shape index (κ3) is 6.51. The minimum absolute atomic E-state index is 0.0378. The second-order valence-electron chi connectivity index (χ2n) is 9.30. The molecule has 0 aromatic heterocycles. The average molecular weight is 490 g/mol. The molecule has 0 spiro atoms. The van der Waals surface area contributed by atoms with Gasteiger partial charge in [0.2, 0.25) is 5.91 Å². The number of nitrogens with one attached hydrogen (secondary N) is 1. The lowest BCUT2D eigenvalue weighted by Gasteiger charge is -2.33. The highest BCUT2D eigenvalue weighted by Gasteiger charge is 2.28. The molecule has 6 heteroatoms. The summed E-state index contributed by atoms with van der Waals surface area (Å²) in [4.78, 5) is 30.5. The minimum atomic E-state index is -0.460. The highest BCUT2D eigenvalue weighted by atomic mass is 19.1. The van der Waals surface area contributed by atoms with Gasteiger partial charge in [0, 0.05) is 43.6 Å². The fourth-order valence-electron chi connectivity index (χ4n) is 4.35. The molecule has 3 rings (SSSR count). The molecule has 3 aromatic carbocycles. The molecule has 0 aliphatic heterocycles. The van der Waals surface area contributed by atoms with Crippen LogP contribution in [0, 0.1) is 5.82 Å². The van der Waals surface area contributed by atoms with Crippen LogP contribution < -0.4 is 10.2 Å². The van der Waals surface area contributed by atoms with E-state index in [4.69, 9.17) is 0 Å². The highest BCUT2D eigenvalue weighted by Crippen LogP contribution is 2.29. The summed E-state index contributed by atoms with van der Waals surface area (Å²) in [6.07, 6.45) is 1.53. The number of hydrogen-bond donors (Lipinski definition) is 1. The summed E-state index contributed by atoms with van der Waals surface area (Å²) in [6.45, 7) is 6.60. The molecular formula is C30H36FN3O2. The zero-order valence-electron chi connectivity index (χ0n) is 21.8. The van der Waals surface area contributed by atoms with Crippen molar-refractivity contribution in [2.75, 3.05) is 24.3 Å². The number of carbonyl (C=O) groups is 2. The van der Waals surface area contributed by atoms with Gasteiger partial charge in [-0.15, -0.1) is 0 Å². The normalized spacial score (nSPS) is 12.5. The van der Waals surface area contributed by atoms with E-state index >= 15 is 0 Å². The number of carbonyl (C=O) groups excluding carboxylic acids is 2. The van der Waals surface area contributed by atoms with Gasteiger partial charge in [0.05, 0.1) is 5.92 Å². The smallest absolute Gasteiger partial charge is 0.255 e. The van der Waals surface area contributed by atoms with Crippen LogP contribution >= 0.6 is 0 Å². The Morgan fingerprint density at radius 1 is 0.917 bits per heavy atom. The molecule has 1 N–H and O–H groups in total. The van der Waals surface area contributed by atoms with Crippen molar-refractivity contribution in [1.82, 2.24) is 4.90 Å². The maximum Gasteiger partial charge on any atom is 0.255 e. The first-order valence-electron chi connectivity index (χ1n) is 12.5. The van der Waals surface area contributed by atoms with Gasteiger partial charge in [0.15, 0.2) is 0 Å². The summed E-state index contributed by atoms with van der Waals surface area (Å²) in [6, 6.07) is 21.2. The van der Waals surface area contributed by atoms with Crippen molar-refractivity contribution < 1.29 is 14.0 Å². The maximum atomic E-state index is 13.8. The van der Waals surface area contributed by atoms with Crippen molar-refractivity contribution in [2.24, 2.45) is 0 Å². The molecule has 190 valence electrons. The van der Waals surface area contributed by atoms with Gasteiger partial charge in [-0.05, 0) is 67.3 Å². The Morgan fingerprint density at radius 3 is 2.25 bits per heavy atom. The van der Waals surface area contributed by atoms with E-state index in [1.165, 1.54) is 18.2 Å². The van der Waals surface area contributed by atoms with Crippen molar-refractivity contribution in [3.8, 4) is 0 Å². The predicted octanol–water partition coefficient (Wildman–Crippen LogP) is 6.46.